The van der Waals surface area contributed by atoms with Crippen LogP contribution in [0.2, 0.25) is 0 Å². The molecule has 0 saturated carbocycles. The van der Waals surface area contributed by atoms with Crippen LogP contribution in [0.4, 0.5) is 17.1 Å². The number of anilines is 3. The first-order valence-corrected chi connectivity index (χ1v) is 21.1. The maximum atomic E-state index is 6.30. The second-order valence-corrected chi connectivity index (χ2v) is 17.7. The molecule has 0 unspecified atom stereocenters. The maximum Gasteiger partial charge on any atom is 0.136 e. The van der Waals surface area contributed by atoms with E-state index in [0.29, 0.717) is 0 Å². The van der Waals surface area contributed by atoms with Gasteiger partial charge in [0.2, 0.25) is 0 Å². The zero-order chi connectivity index (χ0) is 40.3. The molecule has 1 heterocycles. The van der Waals surface area contributed by atoms with Crippen LogP contribution < -0.4 is 4.90 Å². The third kappa shape index (κ3) is 5.07. The first kappa shape index (κ1) is 34.8. The Morgan fingerprint density at radius 2 is 0.833 bits per heavy atom. The number of rotatable bonds is 5. The summed E-state index contributed by atoms with van der Waals surface area (Å²) in [6, 6.07) is 69.4. The number of benzene rings is 9. The van der Waals surface area contributed by atoms with E-state index in [1.54, 1.807) is 0 Å². The van der Waals surface area contributed by atoms with Crippen molar-refractivity contribution in [2.45, 2.75) is 38.5 Å². The third-order valence-electron chi connectivity index (χ3n) is 13.7. The van der Waals surface area contributed by atoms with Gasteiger partial charge in [-0.15, -0.1) is 0 Å². The molecule has 10 aromatic rings. The molecule has 0 atom stereocenters. The van der Waals surface area contributed by atoms with Crippen molar-refractivity contribution >= 4 is 49.8 Å². The molecule has 2 heteroatoms. The van der Waals surface area contributed by atoms with E-state index < -0.39 is 0 Å². The van der Waals surface area contributed by atoms with E-state index in [1.807, 2.05) is 12.1 Å². The van der Waals surface area contributed by atoms with E-state index in [9.17, 15) is 0 Å². The predicted octanol–water partition coefficient (Wildman–Crippen LogP) is 16.2. The van der Waals surface area contributed by atoms with Crippen LogP contribution in [0.3, 0.4) is 0 Å². The monoisotopic (exact) mass is 769 g/mol. The summed E-state index contributed by atoms with van der Waals surface area (Å²) in [6.07, 6.45) is 0. The van der Waals surface area contributed by atoms with Crippen molar-refractivity contribution < 1.29 is 4.42 Å². The van der Waals surface area contributed by atoms with Gasteiger partial charge in [0.25, 0.3) is 0 Å². The van der Waals surface area contributed by atoms with Gasteiger partial charge in [-0.05, 0) is 133 Å². The fraction of sp³-hybridized carbons (Fsp3) is 0.103. The number of hydrogen-bond acceptors (Lipinski definition) is 2. The zero-order valence-electron chi connectivity index (χ0n) is 34.3. The largest absolute Gasteiger partial charge is 0.456 e. The Morgan fingerprint density at radius 3 is 1.50 bits per heavy atom. The number of hydrogen-bond donors (Lipinski definition) is 0. The average molecular weight is 770 g/mol. The highest BCUT2D eigenvalue weighted by molar-refractivity contribution is 6.06. The fourth-order valence-electron chi connectivity index (χ4n) is 10.5. The van der Waals surface area contributed by atoms with Gasteiger partial charge < -0.3 is 9.32 Å². The molecule has 2 nitrogen and oxygen atoms in total. The zero-order valence-corrected chi connectivity index (χ0v) is 34.3. The molecule has 0 amide bonds. The van der Waals surface area contributed by atoms with Gasteiger partial charge in [0.1, 0.15) is 11.2 Å². The van der Waals surface area contributed by atoms with Crippen molar-refractivity contribution in [3.8, 4) is 44.5 Å². The van der Waals surface area contributed by atoms with Crippen molar-refractivity contribution in [2.24, 2.45) is 0 Å². The average Bonchev–Trinajstić information content (AvgIpc) is 3.85. The summed E-state index contributed by atoms with van der Waals surface area (Å²) in [6.45, 7) is 9.54. The number of nitrogens with zero attached hydrogens (tertiary/aromatic N) is 1. The minimum Gasteiger partial charge on any atom is -0.456 e. The summed E-state index contributed by atoms with van der Waals surface area (Å²) in [7, 11) is 0. The van der Waals surface area contributed by atoms with Gasteiger partial charge in [-0.1, -0.05) is 155 Å². The van der Waals surface area contributed by atoms with Crippen LogP contribution in [-0.4, -0.2) is 0 Å². The highest BCUT2D eigenvalue weighted by atomic mass is 16.3. The van der Waals surface area contributed by atoms with Gasteiger partial charge >= 0.3 is 0 Å². The normalized spacial score (nSPS) is 14.3. The molecular weight excluding hydrogens is 727 g/mol. The van der Waals surface area contributed by atoms with E-state index in [2.05, 4.69) is 209 Å². The summed E-state index contributed by atoms with van der Waals surface area (Å²) in [5.41, 5.74) is 20.5. The highest BCUT2D eigenvalue weighted by Gasteiger charge is 2.38. The lowest BCUT2D eigenvalue weighted by molar-refractivity contribution is 0.660. The molecule has 0 aliphatic heterocycles. The smallest absolute Gasteiger partial charge is 0.136 e. The molecule has 9 aromatic carbocycles. The van der Waals surface area contributed by atoms with E-state index in [1.165, 1.54) is 77.7 Å². The molecular formula is C58H43NO. The van der Waals surface area contributed by atoms with Crippen LogP contribution in [0.5, 0.6) is 0 Å². The van der Waals surface area contributed by atoms with Crippen molar-refractivity contribution in [1.82, 2.24) is 0 Å². The first-order valence-electron chi connectivity index (χ1n) is 21.1. The summed E-state index contributed by atoms with van der Waals surface area (Å²) in [5, 5.41) is 4.76. The van der Waals surface area contributed by atoms with Crippen LogP contribution in [0, 0.1) is 0 Å². The van der Waals surface area contributed by atoms with E-state index in [-0.39, 0.29) is 10.8 Å². The highest BCUT2D eigenvalue weighted by Crippen LogP contribution is 2.54. The Hall–Kier alpha value is -7.16. The fourth-order valence-corrected chi connectivity index (χ4v) is 10.5. The second kappa shape index (κ2) is 12.7. The van der Waals surface area contributed by atoms with Crippen LogP contribution >= 0.6 is 0 Å². The van der Waals surface area contributed by atoms with Crippen LogP contribution in [0.25, 0.3) is 77.2 Å². The summed E-state index contributed by atoms with van der Waals surface area (Å²) in [4.78, 5) is 2.49. The maximum absolute atomic E-state index is 6.30. The van der Waals surface area contributed by atoms with Gasteiger partial charge in [-0.3, -0.25) is 0 Å². The van der Waals surface area contributed by atoms with Gasteiger partial charge in [0.15, 0.2) is 0 Å². The van der Waals surface area contributed by atoms with Crippen LogP contribution in [-0.2, 0) is 10.8 Å². The second-order valence-electron chi connectivity index (χ2n) is 17.7. The molecule has 0 fully saturated rings. The molecule has 286 valence electrons. The van der Waals surface area contributed by atoms with Gasteiger partial charge in [0.05, 0.1) is 5.69 Å². The Labute approximate surface area is 351 Å². The van der Waals surface area contributed by atoms with E-state index in [0.717, 1.165) is 38.9 Å². The van der Waals surface area contributed by atoms with Gasteiger partial charge in [-0.2, -0.15) is 0 Å². The molecule has 0 bridgehead atoms. The standard InChI is InChI=1S/C58H43NO/c1-57(2)50-31-38(36-13-6-5-7-14-36)21-26-44(50)46-29-24-41(34-52(46)57)59(54-19-12-16-37-15-8-9-17-43(37)54)42-25-30-47-45-27-22-39(32-51(45)58(3,4)53(47)35-42)40-23-28-49-48-18-10-11-20-55(48)60-56(49)33-40/h5-35H,1-4H3. The molecule has 2 aliphatic rings. The quantitative estimate of drug-likeness (QED) is 0.173. The Morgan fingerprint density at radius 1 is 0.350 bits per heavy atom. The molecule has 2 aliphatic carbocycles. The first-order chi connectivity index (χ1) is 29.2. The van der Waals surface area contributed by atoms with Crippen molar-refractivity contribution in [2.75, 3.05) is 4.90 Å². The molecule has 0 spiro atoms. The Kier molecular flexibility index (Phi) is 7.36. The number of furan rings is 1. The number of para-hydroxylation sites is 1. The molecule has 0 saturated heterocycles. The van der Waals surface area contributed by atoms with Gasteiger partial charge in [-0.25, -0.2) is 0 Å². The Bertz CT molecular complexity index is 3380. The number of fused-ring (bicyclic) bond motifs is 10. The van der Waals surface area contributed by atoms with Crippen molar-refractivity contribution in [3.63, 3.8) is 0 Å². The summed E-state index contributed by atoms with van der Waals surface area (Å²) in [5.74, 6) is 0. The van der Waals surface area contributed by atoms with Crippen molar-refractivity contribution in [1.29, 1.82) is 0 Å². The molecule has 60 heavy (non-hydrogen) atoms. The minimum atomic E-state index is -0.220. The Balaban J connectivity index is 0.973. The lowest BCUT2D eigenvalue weighted by Crippen LogP contribution is -2.18. The topological polar surface area (TPSA) is 16.4 Å². The van der Waals surface area contributed by atoms with Gasteiger partial charge in [0, 0.05) is 38.4 Å². The molecule has 0 N–H and O–H groups in total. The summed E-state index contributed by atoms with van der Waals surface area (Å²) < 4.78 is 6.30. The predicted molar refractivity (Wildman–Crippen MR) is 252 cm³/mol. The van der Waals surface area contributed by atoms with Crippen LogP contribution in [0.15, 0.2) is 192 Å². The lowest BCUT2D eigenvalue weighted by Gasteiger charge is -2.30. The van der Waals surface area contributed by atoms with Crippen molar-refractivity contribution in [3.05, 3.63) is 210 Å². The lowest BCUT2D eigenvalue weighted by atomic mass is 9.81. The molecule has 0 radical (unpaired) electrons. The van der Waals surface area contributed by atoms with Crippen LogP contribution in [0.1, 0.15) is 49.9 Å². The van der Waals surface area contributed by atoms with E-state index >= 15 is 0 Å². The molecule has 12 rings (SSSR count). The molecule has 1 aromatic heterocycles. The minimum absolute atomic E-state index is 0.176. The summed E-state index contributed by atoms with van der Waals surface area (Å²) >= 11 is 0. The third-order valence-corrected chi connectivity index (χ3v) is 13.7. The van der Waals surface area contributed by atoms with E-state index in [4.69, 9.17) is 4.42 Å². The SMILES string of the molecule is CC1(C)c2cc(-c3ccccc3)ccc2-c2ccc(N(c3ccc4c(c3)C(C)(C)c3cc(-c5ccc6c(c5)oc5ccccc56)ccc3-4)c3cccc4ccccc34)cc21.